The summed E-state index contributed by atoms with van der Waals surface area (Å²) >= 11 is 4.34. The largest absolute Gasteiger partial charge is 0.457 e. The Morgan fingerprint density at radius 2 is 1.83 bits per heavy atom. The minimum absolute atomic E-state index is 0.109. The smallest absolute Gasteiger partial charge is 0.379 e. The zero-order valence-electron chi connectivity index (χ0n) is 15.4. The van der Waals surface area contributed by atoms with Gasteiger partial charge in [-0.1, -0.05) is 46.3 Å². The molecule has 4 rings (SSSR count). The van der Waals surface area contributed by atoms with Crippen molar-refractivity contribution in [3.05, 3.63) is 93.2 Å². The van der Waals surface area contributed by atoms with E-state index < -0.39 is 5.97 Å². The number of thioether (sulfide) groups is 1. The molecule has 0 saturated carbocycles. The van der Waals surface area contributed by atoms with Gasteiger partial charge in [-0.15, -0.1) is 0 Å². The van der Waals surface area contributed by atoms with Crippen molar-refractivity contribution in [3.63, 3.8) is 0 Å². The number of halogens is 1. The lowest BCUT2D eigenvalue weighted by Gasteiger charge is -2.13. The summed E-state index contributed by atoms with van der Waals surface area (Å²) in [6.45, 7) is 0.200. The normalized spacial score (nSPS) is 15.1. The molecule has 0 radical (unpaired) electrons. The number of furan rings is 1. The van der Waals surface area contributed by atoms with E-state index in [9.17, 15) is 14.4 Å². The van der Waals surface area contributed by atoms with Crippen LogP contribution in [0.25, 0.3) is 6.08 Å². The number of hydrogen-bond donors (Lipinski definition) is 0. The van der Waals surface area contributed by atoms with E-state index in [2.05, 4.69) is 15.9 Å². The molecule has 2 amide bonds. The van der Waals surface area contributed by atoms with Gasteiger partial charge in [-0.25, -0.2) is 4.79 Å². The summed E-state index contributed by atoms with van der Waals surface area (Å²) in [5.74, 6) is -0.483. The number of ether oxygens (including phenoxy) is 1. The van der Waals surface area contributed by atoms with Crippen LogP contribution >= 0.6 is 27.7 Å². The molecule has 8 heteroatoms. The van der Waals surface area contributed by atoms with Crippen molar-refractivity contribution in [3.8, 4) is 5.75 Å². The van der Waals surface area contributed by atoms with Crippen LogP contribution in [0.15, 0.2) is 80.7 Å². The van der Waals surface area contributed by atoms with Gasteiger partial charge in [0.25, 0.3) is 11.1 Å². The average Bonchev–Trinajstić information content (AvgIpc) is 3.36. The first kappa shape index (κ1) is 20.2. The van der Waals surface area contributed by atoms with Crippen molar-refractivity contribution >= 4 is 50.9 Å². The number of esters is 1. The summed E-state index contributed by atoms with van der Waals surface area (Å²) in [7, 11) is 0. The number of carbonyl (C=O) groups is 3. The Hall–Kier alpha value is -3.10. The second kappa shape index (κ2) is 8.73. The highest BCUT2D eigenvalue weighted by Crippen LogP contribution is 2.34. The van der Waals surface area contributed by atoms with Crippen molar-refractivity contribution in [1.29, 1.82) is 0 Å². The van der Waals surface area contributed by atoms with Crippen molar-refractivity contribution in [1.82, 2.24) is 4.90 Å². The molecular formula is C22H14BrNO5S. The van der Waals surface area contributed by atoms with Crippen molar-refractivity contribution in [2.45, 2.75) is 6.54 Å². The van der Waals surface area contributed by atoms with Gasteiger partial charge in [0.1, 0.15) is 5.75 Å². The second-order valence-corrected chi connectivity index (χ2v) is 8.14. The number of amides is 2. The van der Waals surface area contributed by atoms with Gasteiger partial charge in [-0.2, -0.15) is 0 Å². The number of nitrogens with zero attached hydrogens (tertiary/aromatic N) is 1. The van der Waals surface area contributed by atoms with E-state index in [-0.39, 0.29) is 23.5 Å². The zero-order valence-corrected chi connectivity index (χ0v) is 17.8. The molecule has 0 bridgehead atoms. The van der Waals surface area contributed by atoms with Gasteiger partial charge in [-0.3, -0.25) is 14.5 Å². The Bertz CT molecular complexity index is 1140. The number of hydrogen-bond acceptors (Lipinski definition) is 6. The van der Waals surface area contributed by atoms with Gasteiger partial charge in [0, 0.05) is 4.47 Å². The predicted octanol–water partition coefficient (Wildman–Crippen LogP) is 5.50. The molecule has 30 heavy (non-hydrogen) atoms. The monoisotopic (exact) mass is 483 g/mol. The maximum absolute atomic E-state index is 12.7. The van der Waals surface area contributed by atoms with Crippen LogP contribution in [0.1, 0.15) is 21.7 Å². The number of benzene rings is 2. The van der Waals surface area contributed by atoms with Crippen molar-refractivity contribution < 1.29 is 23.5 Å². The van der Waals surface area contributed by atoms with Crippen LogP contribution in [0.4, 0.5) is 4.79 Å². The highest BCUT2D eigenvalue weighted by atomic mass is 79.9. The van der Waals surface area contributed by atoms with E-state index in [0.29, 0.717) is 16.2 Å². The molecule has 1 saturated heterocycles. The Morgan fingerprint density at radius 3 is 2.53 bits per heavy atom. The molecule has 150 valence electrons. The fraction of sp³-hybridized carbons (Fsp3) is 0.0455. The van der Waals surface area contributed by atoms with Gasteiger partial charge in [0.05, 0.1) is 17.7 Å². The number of rotatable bonds is 5. The van der Waals surface area contributed by atoms with Crippen molar-refractivity contribution in [2.24, 2.45) is 0 Å². The molecule has 2 heterocycles. The van der Waals surface area contributed by atoms with Crippen LogP contribution in [-0.4, -0.2) is 22.0 Å². The van der Waals surface area contributed by atoms with Crippen LogP contribution < -0.4 is 4.74 Å². The Labute approximate surface area is 184 Å². The van der Waals surface area contributed by atoms with E-state index in [1.54, 1.807) is 36.4 Å². The lowest BCUT2D eigenvalue weighted by Crippen LogP contribution is -2.27. The van der Waals surface area contributed by atoms with Crippen LogP contribution in [0.3, 0.4) is 0 Å². The zero-order chi connectivity index (χ0) is 21.1. The molecule has 6 nitrogen and oxygen atoms in total. The van der Waals surface area contributed by atoms with Crippen LogP contribution in [0.2, 0.25) is 0 Å². The molecule has 0 spiro atoms. The Kier molecular flexibility index (Phi) is 5.87. The minimum atomic E-state index is -0.596. The minimum Gasteiger partial charge on any atom is -0.457 e. The molecule has 1 fully saturated rings. The molecule has 1 aromatic heterocycles. The average molecular weight is 484 g/mol. The Balaban J connectivity index is 1.45. The number of imide groups is 1. The molecular weight excluding hydrogens is 470 g/mol. The highest BCUT2D eigenvalue weighted by molar-refractivity contribution is 9.10. The van der Waals surface area contributed by atoms with Crippen molar-refractivity contribution in [2.75, 3.05) is 0 Å². The van der Waals surface area contributed by atoms with E-state index in [1.807, 2.05) is 24.3 Å². The predicted molar refractivity (Wildman–Crippen MR) is 116 cm³/mol. The van der Waals surface area contributed by atoms with Gasteiger partial charge < -0.3 is 9.15 Å². The molecule has 0 N–H and O–H groups in total. The third-order valence-electron chi connectivity index (χ3n) is 4.27. The fourth-order valence-corrected chi connectivity index (χ4v) is 4.02. The van der Waals surface area contributed by atoms with Crippen LogP contribution in [0.5, 0.6) is 5.75 Å². The quantitative estimate of drug-likeness (QED) is 0.271. The van der Waals surface area contributed by atoms with Gasteiger partial charge in [0.15, 0.2) is 0 Å². The summed E-state index contributed by atoms with van der Waals surface area (Å²) in [4.78, 5) is 38.5. The van der Waals surface area contributed by atoms with Crippen LogP contribution in [-0.2, 0) is 11.3 Å². The first-order valence-electron chi connectivity index (χ1n) is 8.86. The summed E-state index contributed by atoms with van der Waals surface area (Å²) in [6, 6.07) is 17.2. The number of carbonyl (C=O) groups excluding carboxylic acids is 3. The SMILES string of the molecule is O=C(Oc1ccc(/C=C2\SC(=O)N(Cc3ccccc3Br)C2=O)cc1)c1ccco1. The van der Waals surface area contributed by atoms with Crippen LogP contribution in [0, 0.1) is 0 Å². The summed E-state index contributed by atoms with van der Waals surface area (Å²) in [5.41, 5.74) is 1.56. The molecule has 3 aromatic rings. The van der Waals surface area contributed by atoms with Gasteiger partial charge in [0.2, 0.25) is 5.76 Å². The summed E-state index contributed by atoms with van der Waals surface area (Å²) in [6.07, 6.45) is 3.03. The van der Waals surface area contributed by atoms with E-state index in [4.69, 9.17) is 9.15 Å². The van der Waals surface area contributed by atoms with Gasteiger partial charge >= 0.3 is 5.97 Å². The maximum Gasteiger partial charge on any atom is 0.379 e. The molecule has 0 atom stereocenters. The summed E-state index contributed by atoms with van der Waals surface area (Å²) in [5, 5.41) is -0.314. The molecule has 1 aliphatic heterocycles. The van der Waals surface area contributed by atoms with E-state index in [0.717, 1.165) is 21.8 Å². The maximum atomic E-state index is 12.7. The van der Waals surface area contributed by atoms with Gasteiger partial charge in [-0.05, 0) is 59.3 Å². The third-order valence-corrected chi connectivity index (χ3v) is 5.95. The molecule has 1 aliphatic rings. The van der Waals surface area contributed by atoms with E-state index >= 15 is 0 Å². The van der Waals surface area contributed by atoms with E-state index in [1.165, 1.54) is 17.2 Å². The topological polar surface area (TPSA) is 76.8 Å². The molecule has 0 aliphatic carbocycles. The highest BCUT2D eigenvalue weighted by Gasteiger charge is 2.35. The molecule has 2 aromatic carbocycles. The standard InChI is InChI=1S/C22H14BrNO5S/c23-17-5-2-1-4-15(17)13-24-20(25)19(30-22(24)27)12-14-7-9-16(10-8-14)29-21(26)18-6-3-11-28-18/h1-12H,13H2/b19-12-. The third kappa shape index (κ3) is 4.39. The Morgan fingerprint density at radius 1 is 1.07 bits per heavy atom. The first-order valence-corrected chi connectivity index (χ1v) is 10.5. The molecule has 0 unspecified atom stereocenters. The lowest BCUT2D eigenvalue weighted by molar-refractivity contribution is -0.123. The first-order chi connectivity index (χ1) is 14.5. The second-order valence-electron chi connectivity index (χ2n) is 6.30. The summed E-state index contributed by atoms with van der Waals surface area (Å²) < 4.78 is 11.1. The lowest BCUT2D eigenvalue weighted by atomic mass is 10.2. The fourth-order valence-electron chi connectivity index (χ4n) is 2.77.